The molecule has 3 aromatic carbocycles. The number of benzene rings is 3. The molecule has 7 heteroatoms. The number of aryl methyl sites for hydroxylation is 3. The van der Waals surface area contributed by atoms with Gasteiger partial charge in [-0.3, -0.25) is 4.72 Å². The number of fused-ring (bicyclic) bond motifs is 1. The van der Waals surface area contributed by atoms with E-state index in [4.69, 9.17) is 16.6 Å². The van der Waals surface area contributed by atoms with E-state index in [2.05, 4.69) is 22.3 Å². The van der Waals surface area contributed by atoms with E-state index < -0.39 is 10.0 Å². The van der Waals surface area contributed by atoms with E-state index in [1.54, 1.807) is 37.3 Å². The predicted octanol–water partition coefficient (Wildman–Crippen LogP) is 5.99. The van der Waals surface area contributed by atoms with Crippen LogP contribution in [0, 0.1) is 6.92 Å². The van der Waals surface area contributed by atoms with Gasteiger partial charge in [0.2, 0.25) is 0 Å². The van der Waals surface area contributed by atoms with Gasteiger partial charge in [0.05, 0.1) is 15.9 Å². The molecule has 1 N–H and O–H groups in total. The number of para-hydroxylation sites is 2. The molecule has 0 atom stereocenters. The molecule has 1 heterocycles. The number of nitrogens with one attached hydrogen (secondary N) is 1. The summed E-state index contributed by atoms with van der Waals surface area (Å²) in [6.45, 7) is 4.81. The lowest BCUT2D eigenvalue weighted by atomic mass is 10.1. The Morgan fingerprint density at radius 3 is 2.47 bits per heavy atom. The summed E-state index contributed by atoms with van der Waals surface area (Å²) in [4.78, 5) is 5.01. The van der Waals surface area contributed by atoms with E-state index in [0.717, 1.165) is 42.7 Å². The Balaban J connectivity index is 1.47. The molecule has 0 saturated heterocycles. The van der Waals surface area contributed by atoms with Crippen LogP contribution < -0.4 is 4.72 Å². The third-order valence-corrected chi connectivity index (χ3v) is 7.47. The van der Waals surface area contributed by atoms with Gasteiger partial charge in [-0.05, 0) is 67.3 Å². The summed E-state index contributed by atoms with van der Waals surface area (Å²) in [5, 5.41) is 0.428. The van der Waals surface area contributed by atoms with Gasteiger partial charge in [0, 0.05) is 23.7 Å². The van der Waals surface area contributed by atoms with Crippen molar-refractivity contribution in [2.24, 2.45) is 0 Å². The van der Waals surface area contributed by atoms with Crippen molar-refractivity contribution in [2.75, 3.05) is 4.72 Å². The zero-order chi connectivity index (χ0) is 22.7. The highest BCUT2D eigenvalue weighted by atomic mass is 35.5. The average molecular weight is 468 g/mol. The number of rotatable bonds is 8. The summed E-state index contributed by atoms with van der Waals surface area (Å²) in [6.07, 6.45) is 2.70. The fourth-order valence-corrected chi connectivity index (χ4v) is 5.43. The maximum atomic E-state index is 12.8. The van der Waals surface area contributed by atoms with Crippen LogP contribution in [0.4, 0.5) is 5.69 Å². The van der Waals surface area contributed by atoms with Gasteiger partial charge in [-0.2, -0.15) is 0 Å². The molecule has 0 fully saturated rings. The van der Waals surface area contributed by atoms with Gasteiger partial charge in [0.25, 0.3) is 10.0 Å². The molecule has 0 saturated carbocycles. The maximum Gasteiger partial charge on any atom is 0.262 e. The standard InChI is InChI=1S/C25H26ClN3O2S/c1-3-17-29-23-9-5-4-8-22(23)27-25(29)16-13-19-11-14-20(15-12-19)28-32(30,31)24-10-6-7-21(26)18(24)2/h4-12,14-15,28H,3,13,16-17H2,1-2H3. The molecule has 0 aliphatic carbocycles. The van der Waals surface area contributed by atoms with Crippen molar-refractivity contribution < 1.29 is 8.42 Å². The molecule has 4 rings (SSSR count). The smallest absolute Gasteiger partial charge is 0.262 e. The van der Waals surface area contributed by atoms with Crippen molar-refractivity contribution in [2.45, 2.75) is 44.6 Å². The molecule has 1 aromatic heterocycles. The van der Waals surface area contributed by atoms with E-state index in [-0.39, 0.29) is 4.90 Å². The lowest BCUT2D eigenvalue weighted by Gasteiger charge is -2.12. The Kier molecular flexibility index (Phi) is 6.53. The Bertz CT molecular complexity index is 1350. The first-order valence-electron chi connectivity index (χ1n) is 10.7. The van der Waals surface area contributed by atoms with Crippen LogP contribution in [0.2, 0.25) is 5.02 Å². The summed E-state index contributed by atoms with van der Waals surface area (Å²) in [7, 11) is -3.71. The highest BCUT2D eigenvalue weighted by molar-refractivity contribution is 7.92. The van der Waals surface area contributed by atoms with E-state index >= 15 is 0 Å². The number of aromatic nitrogens is 2. The van der Waals surface area contributed by atoms with E-state index in [1.165, 1.54) is 5.52 Å². The number of imidazole rings is 1. The molecule has 0 aliphatic rings. The van der Waals surface area contributed by atoms with Crippen molar-refractivity contribution in [1.29, 1.82) is 0 Å². The number of anilines is 1. The van der Waals surface area contributed by atoms with Crippen LogP contribution in [0.3, 0.4) is 0 Å². The third kappa shape index (κ3) is 4.66. The van der Waals surface area contributed by atoms with Crippen molar-refractivity contribution >= 4 is 38.3 Å². The first kappa shape index (κ1) is 22.4. The summed E-state index contributed by atoms with van der Waals surface area (Å²) in [6, 6.07) is 20.6. The quantitative estimate of drug-likeness (QED) is 0.346. The van der Waals surface area contributed by atoms with Gasteiger partial charge in [-0.25, -0.2) is 13.4 Å². The van der Waals surface area contributed by atoms with Crippen LogP contribution in [0.25, 0.3) is 11.0 Å². The molecular formula is C25H26ClN3O2S. The van der Waals surface area contributed by atoms with Crippen LogP contribution in [0.5, 0.6) is 0 Å². The van der Waals surface area contributed by atoms with Crippen molar-refractivity contribution in [3.8, 4) is 0 Å². The van der Waals surface area contributed by atoms with E-state index in [1.807, 2.05) is 30.3 Å². The Labute approximate surface area is 194 Å². The third-order valence-electron chi connectivity index (χ3n) is 5.53. The molecule has 0 unspecified atom stereocenters. The molecule has 0 radical (unpaired) electrons. The van der Waals surface area contributed by atoms with Gasteiger partial charge in [-0.15, -0.1) is 0 Å². The van der Waals surface area contributed by atoms with Gasteiger partial charge in [0.15, 0.2) is 0 Å². The maximum absolute atomic E-state index is 12.8. The van der Waals surface area contributed by atoms with Crippen molar-refractivity contribution in [1.82, 2.24) is 9.55 Å². The summed E-state index contributed by atoms with van der Waals surface area (Å²) >= 11 is 6.09. The number of nitrogens with zero attached hydrogens (tertiary/aromatic N) is 2. The summed E-state index contributed by atoms with van der Waals surface area (Å²) in [5.41, 5.74) is 4.38. The second kappa shape index (κ2) is 9.35. The molecule has 32 heavy (non-hydrogen) atoms. The molecular weight excluding hydrogens is 442 g/mol. The fraction of sp³-hybridized carbons (Fsp3) is 0.240. The molecule has 5 nitrogen and oxygen atoms in total. The van der Waals surface area contributed by atoms with Crippen LogP contribution in [-0.4, -0.2) is 18.0 Å². The second-order valence-electron chi connectivity index (χ2n) is 7.83. The topological polar surface area (TPSA) is 64.0 Å². The Morgan fingerprint density at radius 2 is 1.72 bits per heavy atom. The molecule has 0 amide bonds. The van der Waals surface area contributed by atoms with Gasteiger partial charge in [-0.1, -0.05) is 48.9 Å². The summed E-state index contributed by atoms with van der Waals surface area (Å²) < 4.78 is 30.5. The monoisotopic (exact) mass is 467 g/mol. The lowest BCUT2D eigenvalue weighted by Crippen LogP contribution is -2.14. The average Bonchev–Trinajstić information content (AvgIpc) is 3.12. The highest BCUT2D eigenvalue weighted by Gasteiger charge is 2.18. The van der Waals surface area contributed by atoms with Crippen LogP contribution in [-0.2, 0) is 29.4 Å². The van der Waals surface area contributed by atoms with Gasteiger partial charge >= 0.3 is 0 Å². The fourth-order valence-electron chi connectivity index (χ4n) is 3.87. The molecule has 4 aromatic rings. The number of sulfonamides is 1. The largest absolute Gasteiger partial charge is 0.328 e. The molecule has 0 spiro atoms. The first-order valence-corrected chi connectivity index (χ1v) is 12.6. The minimum Gasteiger partial charge on any atom is -0.328 e. The second-order valence-corrected chi connectivity index (χ2v) is 9.89. The Hall–Kier alpha value is -2.83. The zero-order valence-corrected chi connectivity index (χ0v) is 19.7. The van der Waals surface area contributed by atoms with Crippen molar-refractivity contribution in [3.63, 3.8) is 0 Å². The van der Waals surface area contributed by atoms with Crippen molar-refractivity contribution in [3.05, 3.63) is 88.7 Å². The SMILES string of the molecule is CCCn1c(CCc2ccc(NS(=O)(=O)c3cccc(Cl)c3C)cc2)nc2ccccc21. The normalized spacial score (nSPS) is 11.7. The van der Waals surface area contributed by atoms with E-state index in [9.17, 15) is 8.42 Å². The first-order chi connectivity index (χ1) is 15.4. The van der Waals surface area contributed by atoms with Gasteiger partial charge < -0.3 is 4.57 Å². The molecule has 0 aliphatic heterocycles. The number of halogens is 1. The highest BCUT2D eigenvalue weighted by Crippen LogP contribution is 2.25. The Morgan fingerprint density at radius 1 is 0.969 bits per heavy atom. The molecule has 0 bridgehead atoms. The van der Waals surface area contributed by atoms with Crippen LogP contribution >= 0.6 is 11.6 Å². The number of hydrogen-bond acceptors (Lipinski definition) is 3. The minimum absolute atomic E-state index is 0.184. The molecule has 166 valence electrons. The predicted molar refractivity (Wildman–Crippen MR) is 131 cm³/mol. The summed E-state index contributed by atoms with van der Waals surface area (Å²) in [5.74, 6) is 1.08. The van der Waals surface area contributed by atoms with Gasteiger partial charge in [0.1, 0.15) is 5.82 Å². The number of hydrogen-bond donors (Lipinski definition) is 1. The van der Waals surface area contributed by atoms with E-state index in [0.29, 0.717) is 16.3 Å². The van der Waals surface area contributed by atoms with Crippen LogP contribution in [0.15, 0.2) is 71.6 Å². The lowest BCUT2D eigenvalue weighted by molar-refractivity contribution is 0.600. The zero-order valence-electron chi connectivity index (χ0n) is 18.2. The minimum atomic E-state index is -3.71. The van der Waals surface area contributed by atoms with Crippen LogP contribution in [0.1, 0.15) is 30.3 Å².